The first kappa shape index (κ1) is 36.4. The van der Waals surface area contributed by atoms with Crippen LogP contribution in [0.15, 0.2) is 65.6 Å². The number of aliphatic hydroxyl groups is 1. The van der Waals surface area contributed by atoms with Crippen LogP contribution in [0.4, 0.5) is 15.8 Å². The Balaban J connectivity index is 0.000000706. The van der Waals surface area contributed by atoms with Crippen molar-refractivity contribution in [2.45, 2.75) is 90.9 Å². The third-order valence-electron chi connectivity index (χ3n) is 7.36. The van der Waals surface area contributed by atoms with Crippen LogP contribution in [0, 0.1) is 11.7 Å². The fraction of sp³-hybridized carbons (Fsp3) is 0.486. The number of anilines is 2. The van der Waals surface area contributed by atoms with Crippen LogP contribution in [0.3, 0.4) is 0 Å². The minimum absolute atomic E-state index is 0.120. The molecule has 0 saturated heterocycles. The second kappa shape index (κ2) is 20.2. The molecule has 43 heavy (non-hydrogen) atoms. The van der Waals surface area contributed by atoms with Crippen molar-refractivity contribution in [2.24, 2.45) is 5.92 Å². The SMILES string of the molecule is C1CCCCC1.CC.CCN(c1ccccc1)c1cc(OCCCC(C)C)c(-c2ccc(F)c(C(=O)CO)c2)cc1SC. The average molecular weight is 610 g/mol. The Bertz CT molecular complexity index is 1220. The van der Waals surface area contributed by atoms with Gasteiger partial charge in [0, 0.05) is 28.8 Å². The molecule has 0 unspecified atom stereocenters. The molecule has 0 atom stereocenters. The van der Waals surface area contributed by atoms with E-state index < -0.39 is 18.2 Å². The molecule has 0 aliphatic heterocycles. The molecule has 1 aliphatic rings. The van der Waals surface area contributed by atoms with E-state index in [1.807, 2.05) is 50.4 Å². The van der Waals surface area contributed by atoms with Gasteiger partial charge >= 0.3 is 0 Å². The summed E-state index contributed by atoms with van der Waals surface area (Å²) in [5.74, 6) is -0.0166. The molecule has 1 fully saturated rings. The zero-order chi connectivity index (χ0) is 31.6. The van der Waals surface area contributed by atoms with E-state index in [0.717, 1.165) is 41.2 Å². The number of rotatable bonds is 12. The third-order valence-corrected chi connectivity index (χ3v) is 8.13. The summed E-state index contributed by atoms with van der Waals surface area (Å²) in [6.45, 7) is 11.1. The Morgan fingerprint density at radius 2 is 1.60 bits per heavy atom. The number of thioether (sulfide) groups is 1. The van der Waals surface area contributed by atoms with Crippen LogP contribution in [-0.4, -0.2) is 36.9 Å². The van der Waals surface area contributed by atoms with Crippen molar-refractivity contribution in [1.29, 1.82) is 0 Å². The number of benzene rings is 3. The lowest BCUT2D eigenvalue weighted by Crippen LogP contribution is -2.17. The van der Waals surface area contributed by atoms with Gasteiger partial charge in [-0.1, -0.05) is 90.5 Å². The predicted octanol–water partition coefficient (Wildman–Crippen LogP) is 10.7. The number of hydrogen-bond donors (Lipinski definition) is 1. The molecule has 236 valence electrons. The highest BCUT2D eigenvalue weighted by molar-refractivity contribution is 7.98. The summed E-state index contributed by atoms with van der Waals surface area (Å²) in [6, 6.07) is 18.7. The average Bonchev–Trinajstić information content (AvgIpc) is 3.06. The van der Waals surface area contributed by atoms with Crippen LogP contribution in [0.5, 0.6) is 5.75 Å². The number of aliphatic hydroxyl groups excluding tert-OH is 1. The highest BCUT2D eigenvalue weighted by Crippen LogP contribution is 2.42. The number of ketones is 1. The Kier molecular flexibility index (Phi) is 17.1. The Morgan fingerprint density at radius 3 is 2.14 bits per heavy atom. The van der Waals surface area contributed by atoms with Crippen molar-refractivity contribution in [3.63, 3.8) is 0 Å². The third kappa shape index (κ3) is 11.3. The molecule has 3 aromatic rings. The summed E-state index contributed by atoms with van der Waals surface area (Å²) in [4.78, 5) is 15.4. The smallest absolute Gasteiger partial charge is 0.191 e. The molecule has 3 aromatic carbocycles. The molecule has 1 N–H and O–H groups in total. The standard InChI is InChI=1S/C29H34FNO3S.C6H12.C2H6/c1-5-31(22-11-7-6-8-12-22)26-18-28(34-15-9-10-20(2)3)23(17-29(26)35-4)21-13-14-25(30)24(16-21)27(33)19-32;1-2-4-6-5-3-1;1-2/h6-8,11-14,16-18,20,32H,5,9-10,15,19H2,1-4H3;1-6H2;1-2H3. The summed E-state index contributed by atoms with van der Waals surface area (Å²) in [7, 11) is 0. The van der Waals surface area contributed by atoms with Gasteiger partial charge in [-0.2, -0.15) is 0 Å². The molecular weight excluding hydrogens is 557 g/mol. The Hall–Kier alpha value is -2.83. The number of ether oxygens (including phenoxy) is 1. The van der Waals surface area contributed by atoms with E-state index >= 15 is 0 Å². The van der Waals surface area contributed by atoms with Crippen molar-refractivity contribution >= 4 is 28.9 Å². The molecular formula is C37H52FNO3S. The van der Waals surface area contributed by atoms with Gasteiger partial charge in [0.2, 0.25) is 0 Å². The fourth-order valence-electron chi connectivity index (χ4n) is 5.09. The fourth-order valence-corrected chi connectivity index (χ4v) is 5.71. The van der Waals surface area contributed by atoms with Gasteiger partial charge in [0.05, 0.1) is 17.9 Å². The molecule has 1 aliphatic carbocycles. The van der Waals surface area contributed by atoms with E-state index in [1.165, 1.54) is 50.7 Å². The van der Waals surface area contributed by atoms with Crippen molar-refractivity contribution < 1.29 is 19.0 Å². The summed E-state index contributed by atoms with van der Waals surface area (Å²) in [6.07, 6.45) is 13.0. The number of carbonyl (C=O) groups excluding carboxylic acids is 1. The van der Waals surface area contributed by atoms with Gasteiger partial charge in [-0.05, 0) is 67.8 Å². The second-order valence-electron chi connectivity index (χ2n) is 10.9. The second-order valence-corrected chi connectivity index (χ2v) is 11.7. The number of carbonyl (C=O) groups is 1. The topological polar surface area (TPSA) is 49.8 Å². The molecule has 4 rings (SSSR count). The Labute approximate surface area is 264 Å². The van der Waals surface area contributed by atoms with E-state index in [-0.39, 0.29) is 5.56 Å². The van der Waals surface area contributed by atoms with Gasteiger partial charge in [0.25, 0.3) is 0 Å². The van der Waals surface area contributed by atoms with Gasteiger partial charge in [-0.25, -0.2) is 4.39 Å². The number of nitrogens with zero attached hydrogens (tertiary/aromatic N) is 1. The predicted molar refractivity (Wildman–Crippen MR) is 183 cm³/mol. The summed E-state index contributed by atoms with van der Waals surface area (Å²) in [5, 5.41) is 9.28. The van der Waals surface area contributed by atoms with Gasteiger partial charge in [0.1, 0.15) is 18.2 Å². The highest BCUT2D eigenvalue weighted by atomic mass is 32.2. The normalized spacial score (nSPS) is 12.5. The largest absolute Gasteiger partial charge is 0.493 e. The number of hydrogen-bond acceptors (Lipinski definition) is 5. The lowest BCUT2D eigenvalue weighted by Gasteiger charge is -2.27. The number of halogens is 1. The minimum Gasteiger partial charge on any atom is -0.493 e. The maximum atomic E-state index is 14.3. The summed E-state index contributed by atoms with van der Waals surface area (Å²) < 4.78 is 20.6. The minimum atomic E-state index is -0.740. The highest BCUT2D eigenvalue weighted by Gasteiger charge is 2.20. The van der Waals surface area contributed by atoms with E-state index in [9.17, 15) is 14.3 Å². The summed E-state index contributed by atoms with van der Waals surface area (Å²) in [5.41, 5.74) is 3.46. The molecule has 0 radical (unpaired) electrons. The zero-order valence-electron chi connectivity index (χ0n) is 27.1. The molecule has 0 bridgehead atoms. The first-order chi connectivity index (χ1) is 20.9. The maximum Gasteiger partial charge on any atom is 0.191 e. The van der Waals surface area contributed by atoms with Crippen LogP contribution in [0.2, 0.25) is 0 Å². The van der Waals surface area contributed by atoms with Crippen LogP contribution in [0.25, 0.3) is 11.1 Å². The molecule has 0 heterocycles. The molecule has 1 saturated carbocycles. The molecule has 6 heteroatoms. The van der Waals surface area contributed by atoms with E-state index in [0.29, 0.717) is 23.8 Å². The van der Waals surface area contributed by atoms with Gasteiger partial charge in [-0.15, -0.1) is 11.8 Å². The van der Waals surface area contributed by atoms with Gasteiger partial charge < -0.3 is 14.7 Å². The van der Waals surface area contributed by atoms with E-state index in [4.69, 9.17) is 4.74 Å². The van der Waals surface area contributed by atoms with E-state index in [2.05, 4.69) is 37.8 Å². The maximum absolute atomic E-state index is 14.3. The van der Waals surface area contributed by atoms with Crippen LogP contribution in [0.1, 0.15) is 96.3 Å². The molecule has 0 aromatic heterocycles. The zero-order valence-corrected chi connectivity index (χ0v) is 27.9. The first-order valence-corrected chi connectivity index (χ1v) is 17.2. The summed E-state index contributed by atoms with van der Waals surface area (Å²) >= 11 is 1.62. The van der Waals surface area contributed by atoms with Crippen LogP contribution < -0.4 is 9.64 Å². The van der Waals surface area contributed by atoms with Crippen LogP contribution >= 0.6 is 11.8 Å². The lowest BCUT2D eigenvalue weighted by molar-refractivity contribution is 0.0899. The van der Waals surface area contributed by atoms with Crippen molar-refractivity contribution in [2.75, 3.05) is 30.9 Å². The number of Topliss-reactive ketones (excluding diaryl/α,β-unsaturated/α-hetero) is 1. The van der Waals surface area contributed by atoms with Gasteiger partial charge in [-0.3, -0.25) is 4.79 Å². The van der Waals surface area contributed by atoms with Crippen molar-refractivity contribution in [1.82, 2.24) is 0 Å². The Morgan fingerprint density at radius 1 is 0.977 bits per heavy atom. The van der Waals surface area contributed by atoms with Crippen molar-refractivity contribution in [3.05, 3.63) is 72.0 Å². The quantitative estimate of drug-likeness (QED) is 0.126. The monoisotopic (exact) mass is 609 g/mol. The van der Waals surface area contributed by atoms with E-state index in [1.54, 1.807) is 17.8 Å². The molecule has 0 spiro atoms. The van der Waals surface area contributed by atoms with Crippen LogP contribution in [-0.2, 0) is 0 Å². The van der Waals surface area contributed by atoms with Crippen molar-refractivity contribution in [3.8, 4) is 16.9 Å². The van der Waals surface area contributed by atoms with Gasteiger partial charge in [0.15, 0.2) is 5.78 Å². The first-order valence-electron chi connectivity index (χ1n) is 16.0. The molecule has 0 amide bonds. The number of para-hydroxylation sites is 1. The lowest BCUT2D eigenvalue weighted by atomic mass is 9.99. The molecule has 4 nitrogen and oxygen atoms in total.